The van der Waals surface area contributed by atoms with Crippen molar-refractivity contribution in [1.29, 1.82) is 0 Å². The lowest BCUT2D eigenvalue weighted by atomic mass is 10.1. The Kier molecular flexibility index (Phi) is 7.37. The molecule has 1 aliphatic rings. The molecular formula is C27H29N3O3. The van der Waals surface area contributed by atoms with Crippen LogP contribution in [0.1, 0.15) is 16.7 Å². The van der Waals surface area contributed by atoms with Crippen molar-refractivity contribution in [3.05, 3.63) is 102 Å². The molecule has 2 amide bonds. The number of carbonyl (C=O) groups excluding carboxylic acids is 2. The third-order valence-corrected chi connectivity index (χ3v) is 5.84. The van der Waals surface area contributed by atoms with Crippen LogP contribution in [0.15, 0.2) is 84.9 Å². The van der Waals surface area contributed by atoms with Crippen LogP contribution in [0.5, 0.6) is 5.75 Å². The number of aromatic hydroxyl groups is 1. The second kappa shape index (κ2) is 10.8. The minimum atomic E-state index is -0.585. The number of phenols is 1. The first-order valence-corrected chi connectivity index (χ1v) is 11.2. The Hall–Kier alpha value is -3.64. The van der Waals surface area contributed by atoms with Crippen molar-refractivity contribution < 1.29 is 14.7 Å². The quantitative estimate of drug-likeness (QED) is 0.562. The van der Waals surface area contributed by atoms with Crippen LogP contribution in [0.2, 0.25) is 0 Å². The first kappa shape index (κ1) is 22.6. The summed E-state index contributed by atoms with van der Waals surface area (Å²) in [5.74, 6) is 0.0220. The summed E-state index contributed by atoms with van der Waals surface area (Å²) >= 11 is 0. The molecule has 1 aliphatic heterocycles. The van der Waals surface area contributed by atoms with Crippen molar-refractivity contribution >= 4 is 11.8 Å². The summed E-state index contributed by atoms with van der Waals surface area (Å²) in [5, 5.41) is 12.4. The van der Waals surface area contributed by atoms with Crippen LogP contribution in [0, 0.1) is 0 Å². The molecule has 0 bridgehead atoms. The van der Waals surface area contributed by atoms with Gasteiger partial charge in [-0.2, -0.15) is 0 Å². The molecule has 33 heavy (non-hydrogen) atoms. The summed E-state index contributed by atoms with van der Waals surface area (Å²) in [7, 11) is 0. The normalized spacial score (nSPS) is 16.2. The van der Waals surface area contributed by atoms with Crippen molar-refractivity contribution in [3.63, 3.8) is 0 Å². The minimum absolute atomic E-state index is 0.0783. The van der Waals surface area contributed by atoms with Gasteiger partial charge in [0.1, 0.15) is 11.8 Å². The highest BCUT2D eigenvalue weighted by atomic mass is 16.3. The van der Waals surface area contributed by atoms with Crippen LogP contribution in [-0.2, 0) is 29.1 Å². The number of phenolic OH excluding ortho intramolecular Hbond substituents is 1. The number of hydrogen-bond donors (Lipinski definition) is 2. The zero-order chi connectivity index (χ0) is 23.0. The third kappa shape index (κ3) is 6.43. The molecule has 0 radical (unpaired) electrons. The summed E-state index contributed by atoms with van der Waals surface area (Å²) in [6.45, 7) is 2.38. The third-order valence-electron chi connectivity index (χ3n) is 5.84. The van der Waals surface area contributed by atoms with Crippen molar-refractivity contribution in [2.75, 3.05) is 19.6 Å². The Morgan fingerprint density at radius 3 is 2.03 bits per heavy atom. The molecule has 0 aromatic heterocycles. The van der Waals surface area contributed by atoms with E-state index in [1.165, 1.54) is 0 Å². The standard InChI is InChI=1S/C27H29N3O3/c31-24-13-11-21(12-14-24)15-16-29-19-25(28-26(32)20-29)27(33)30(17-22-7-3-1-4-8-22)18-23-9-5-2-6-10-23/h1-14,25,31H,15-20H2,(H,28,32)/t25-/m0/s1. The second-order valence-electron chi connectivity index (χ2n) is 8.44. The molecule has 0 unspecified atom stereocenters. The van der Waals surface area contributed by atoms with E-state index in [0.717, 1.165) is 23.1 Å². The lowest BCUT2D eigenvalue weighted by Gasteiger charge is -2.35. The van der Waals surface area contributed by atoms with E-state index >= 15 is 0 Å². The van der Waals surface area contributed by atoms with Gasteiger partial charge in [0.2, 0.25) is 11.8 Å². The maximum Gasteiger partial charge on any atom is 0.247 e. The molecule has 0 saturated carbocycles. The molecule has 1 atom stereocenters. The van der Waals surface area contributed by atoms with Crippen LogP contribution >= 0.6 is 0 Å². The van der Waals surface area contributed by atoms with E-state index in [2.05, 4.69) is 5.32 Å². The fraction of sp³-hybridized carbons (Fsp3) is 0.259. The molecule has 3 aromatic carbocycles. The molecule has 1 heterocycles. The van der Waals surface area contributed by atoms with Crippen molar-refractivity contribution in [2.45, 2.75) is 25.6 Å². The van der Waals surface area contributed by atoms with Crippen LogP contribution in [0.3, 0.4) is 0 Å². The van der Waals surface area contributed by atoms with Gasteiger partial charge in [-0.05, 0) is 35.2 Å². The van der Waals surface area contributed by atoms with Crippen LogP contribution in [-0.4, -0.2) is 52.4 Å². The Balaban J connectivity index is 1.45. The zero-order valence-electron chi connectivity index (χ0n) is 18.6. The number of rotatable bonds is 8. The van der Waals surface area contributed by atoms with Crippen LogP contribution in [0.4, 0.5) is 0 Å². The predicted molar refractivity (Wildman–Crippen MR) is 127 cm³/mol. The number of hydrogen-bond acceptors (Lipinski definition) is 4. The number of benzene rings is 3. The van der Waals surface area contributed by atoms with Crippen molar-refractivity contribution in [2.24, 2.45) is 0 Å². The van der Waals surface area contributed by atoms with Gasteiger partial charge in [-0.1, -0.05) is 72.8 Å². The summed E-state index contributed by atoms with van der Waals surface area (Å²) in [6.07, 6.45) is 0.742. The average molecular weight is 444 g/mol. The molecule has 2 N–H and O–H groups in total. The van der Waals surface area contributed by atoms with E-state index < -0.39 is 6.04 Å². The Bertz CT molecular complexity index is 1010. The smallest absolute Gasteiger partial charge is 0.247 e. The number of carbonyl (C=O) groups is 2. The first-order chi connectivity index (χ1) is 16.1. The summed E-state index contributed by atoms with van der Waals surface area (Å²) in [4.78, 5) is 29.8. The highest BCUT2D eigenvalue weighted by molar-refractivity contribution is 5.89. The molecule has 6 heteroatoms. The molecule has 3 aromatic rings. The predicted octanol–water partition coefficient (Wildman–Crippen LogP) is 2.96. The van der Waals surface area contributed by atoms with Gasteiger partial charge in [0.05, 0.1) is 6.54 Å². The van der Waals surface area contributed by atoms with Crippen LogP contribution in [0.25, 0.3) is 0 Å². The number of amides is 2. The minimum Gasteiger partial charge on any atom is -0.508 e. The van der Waals surface area contributed by atoms with Gasteiger partial charge in [0.15, 0.2) is 0 Å². The lowest BCUT2D eigenvalue weighted by Crippen LogP contribution is -2.60. The maximum absolute atomic E-state index is 13.6. The molecule has 170 valence electrons. The fourth-order valence-electron chi connectivity index (χ4n) is 4.11. The zero-order valence-corrected chi connectivity index (χ0v) is 18.6. The van der Waals surface area contributed by atoms with Gasteiger partial charge in [-0.3, -0.25) is 14.5 Å². The van der Waals surface area contributed by atoms with Crippen LogP contribution < -0.4 is 5.32 Å². The largest absolute Gasteiger partial charge is 0.508 e. The van der Waals surface area contributed by atoms with Gasteiger partial charge in [0, 0.05) is 26.2 Å². The topological polar surface area (TPSA) is 72.9 Å². The summed E-state index contributed by atoms with van der Waals surface area (Å²) < 4.78 is 0. The Labute approximate surface area is 194 Å². The molecule has 0 spiro atoms. The average Bonchev–Trinajstić information content (AvgIpc) is 2.84. The lowest BCUT2D eigenvalue weighted by molar-refractivity contribution is -0.140. The van der Waals surface area contributed by atoms with Gasteiger partial charge in [-0.15, -0.1) is 0 Å². The van der Waals surface area contributed by atoms with Gasteiger partial charge in [0.25, 0.3) is 0 Å². The van der Waals surface area contributed by atoms with E-state index in [9.17, 15) is 14.7 Å². The van der Waals surface area contributed by atoms with E-state index in [1.807, 2.05) is 82.6 Å². The first-order valence-electron chi connectivity index (χ1n) is 11.2. The Morgan fingerprint density at radius 1 is 0.879 bits per heavy atom. The van der Waals surface area contributed by atoms with Crippen molar-refractivity contribution in [1.82, 2.24) is 15.1 Å². The number of nitrogens with one attached hydrogen (secondary N) is 1. The van der Waals surface area contributed by atoms with E-state index in [4.69, 9.17) is 0 Å². The second-order valence-corrected chi connectivity index (χ2v) is 8.44. The van der Waals surface area contributed by atoms with Gasteiger partial charge in [-0.25, -0.2) is 0 Å². The van der Waals surface area contributed by atoms with Crippen molar-refractivity contribution in [3.8, 4) is 5.75 Å². The molecular weight excluding hydrogens is 414 g/mol. The fourth-order valence-corrected chi connectivity index (χ4v) is 4.11. The SMILES string of the molecule is O=C1CN(CCc2ccc(O)cc2)C[C@@H](C(=O)N(Cc2ccccc2)Cc2ccccc2)N1. The number of piperazine rings is 1. The highest BCUT2D eigenvalue weighted by Crippen LogP contribution is 2.15. The molecule has 0 aliphatic carbocycles. The molecule has 1 saturated heterocycles. The molecule has 1 fully saturated rings. The van der Waals surface area contributed by atoms with E-state index in [0.29, 0.717) is 26.2 Å². The van der Waals surface area contributed by atoms with Gasteiger partial charge >= 0.3 is 0 Å². The summed E-state index contributed by atoms with van der Waals surface area (Å²) in [5.41, 5.74) is 3.18. The van der Waals surface area contributed by atoms with E-state index in [1.54, 1.807) is 12.1 Å². The highest BCUT2D eigenvalue weighted by Gasteiger charge is 2.32. The van der Waals surface area contributed by atoms with Gasteiger partial charge < -0.3 is 15.3 Å². The monoisotopic (exact) mass is 443 g/mol. The molecule has 6 nitrogen and oxygen atoms in total. The summed E-state index contributed by atoms with van der Waals surface area (Å²) in [6, 6.07) is 26.3. The Morgan fingerprint density at radius 2 is 1.45 bits per heavy atom. The number of nitrogens with zero attached hydrogens (tertiary/aromatic N) is 2. The molecule has 4 rings (SSSR count). The van der Waals surface area contributed by atoms with E-state index in [-0.39, 0.29) is 24.1 Å². The maximum atomic E-state index is 13.6.